The van der Waals surface area contributed by atoms with Crippen LogP contribution in [0.15, 0.2) is 35.1 Å². The number of rotatable bonds is 1. The molecule has 0 bridgehead atoms. The second kappa shape index (κ2) is 3.01. The lowest BCUT2D eigenvalue weighted by Gasteiger charge is -1.96. The topological polar surface area (TPSA) is 26.0 Å². The molecule has 0 aliphatic heterocycles. The van der Waals surface area contributed by atoms with Gasteiger partial charge < -0.3 is 4.42 Å². The standard InChI is InChI=1S/C10H8FNO/c1-7-10(13-6-12-7)8-3-2-4-9(11)5-8/h2-6H,1H3. The van der Waals surface area contributed by atoms with Crippen molar-refractivity contribution >= 4 is 0 Å². The molecule has 0 N–H and O–H groups in total. The van der Waals surface area contributed by atoms with Gasteiger partial charge in [0.25, 0.3) is 0 Å². The number of hydrogen-bond acceptors (Lipinski definition) is 2. The Balaban J connectivity index is 2.53. The number of hydrogen-bond donors (Lipinski definition) is 0. The zero-order chi connectivity index (χ0) is 9.26. The monoisotopic (exact) mass is 177 g/mol. The molecule has 2 nitrogen and oxygen atoms in total. The van der Waals surface area contributed by atoms with Gasteiger partial charge in [0.2, 0.25) is 0 Å². The van der Waals surface area contributed by atoms with E-state index in [0.29, 0.717) is 5.76 Å². The minimum absolute atomic E-state index is 0.270. The summed E-state index contributed by atoms with van der Waals surface area (Å²) in [6.07, 6.45) is 1.36. The van der Waals surface area contributed by atoms with Crippen LogP contribution >= 0.6 is 0 Å². The molecule has 2 aromatic rings. The first-order valence-electron chi connectivity index (χ1n) is 3.93. The van der Waals surface area contributed by atoms with Crippen molar-refractivity contribution in [3.8, 4) is 11.3 Å². The van der Waals surface area contributed by atoms with Crippen LogP contribution in [0.2, 0.25) is 0 Å². The largest absolute Gasteiger partial charge is 0.443 e. The van der Waals surface area contributed by atoms with Crippen LogP contribution in [-0.2, 0) is 0 Å². The fourth-order valence-corrected chi connectivity index (χ4v) is 1.21. The molecule has 0 fully saturated rings. The third-order valence-electron chi connectivity index (χ3n) is 1.83. The first-order chi connectivity index (χ1) is 6.27. The van der Waals surface area contributed by atoms with Crippen molar-refractivity contribution in [3.05, 3.63) is 42.2 Å². The van der Waals surface area contributed by atoms with Gasteiger partial charge in [-0.05, 0) is 19.1 Å². The highest BCUT2D eigenvalue weighted by atomic mass is 19.1. The third-order valence-corrected chi connectivity index (χ3v) is 1.83. The summed E-state index contributed by atoms with van der Waals surface area (Å²) in [4.78, 5) is 3.93. The predicted octanol–water partition coefficient (Wildman–Crippen LogP) is 2.79. The van der Waals surface area contributed by atoms with Crippen molar-refractivity contribution in [2.75, 3.05) is 0 Å². The fourth-order valence-electron chi connectivity index (χ4n) is 1.21. The van der Waals surface area contributed by atoms with Crippen LogP contribution in [0.1, 0.15) is 5.69 Å². The Bertz CT molecular complexity index is 422. The molecule has 0 unspecified atom stereocenters. The molecule has 1 aromatic heterocycles. The molecule has 0 radical (unpaired) electrons. The van der Waals surface area contributed by atoms with E-state index in [-0.39, 0.29) is 5.82 Å². The van der Waals surface area contributed by atoms with E-state index in [1.54, 1.807) is 12.1 Å². The van der Waals surface area contributed by atoms with Gasteiger partial charge in [-0.3, -0.25) is 0 Å². The van der Waals surface area contributed by atoms with E-state index in [1.165, 1.54) is 18.5 Å². The average Bonchev–Trinajstić information content (AvgIpc) is 2.51. The molecule has 0 saturated heterocycles. The summed E-state index contributed by atoms with van der Waals surface area (Å²) >= 11 is 0. The van der Waals surface area contributed by atoms with Crippen LogP contribution in [0.25, 0.3) is 11.3 Å². The molecule has 0 spiro atoms. The van der Waals surface area contributed by atoms with E-state index in [9.17, 15) is 4.39 Å². The molecule has 3 heteroatoms. The second-order valence-electron chi connectivity index (χ2n) is 2.78. The Morgan fingerprint density at radius 3 is 2.85 bits per heavy atom. The van der Waals surface area contributed by atoms with Gasteiger partial charge in [0.05, 0.1) is 5.69 Å². The number of oxazole rings is 1. The van der Waals surface area contributed by atoms with Crippen LogP contribution in [-0.4, -0.2) is 4.98 Å². The van der Waals surface area contributed by atoms with E-state index in [1.807, 2.05) is 6.92 Å². The maximum atomic E-state index is 12.8. The first-order valence-corrected chi connectivity index (χ1v) is 3.93. The van der Waals surface area contributed by atoms with Gasteiger partial charge in [-0.15, -0.1) is 0 Å². The van der Waals surface area contributed by atoms with Crippen molar-refractivity contribution in [2.45, 2.75) is 6.92 Å². The molecular formula is C10H8FNO. The zero-order valence-corrected chi connectivity index (χ0v) is 7.12. The number of nitrogens with zero attached hydrogens (tertiary/aromatic N) is 1. The molecule has 0 aliphatic carbocycles. The predicted molar refractivity (Wildman–Crippen MR) is 46.6 cm³/mol. The molecule has 0 atom stereocenters. The van der Waals surface area contributed by atoms with Crippen LogP contribution in [0, 0.1) is 12.7 Å². The lowest BCUT2D eigenvalue weighted by Crippen LogP contribution is -1.80. The smallest absolute Gasteiger partial charge is 0.181 e. The normalized spacial score (nSPS) is 10.3. The van der Waals surface area contributed by atoms with Gasteiger partial charge in [0.1, 0.15) is 5.82 Å². The molecule has 0 saturated carbocycles. The van der Waals surface area contributed by atoms with Crippen molar-refractivity contribution in [2.24, 2.45) is 0 Å². The maximum Gasteiger partial charge on any atom is 0.181 e. The third kappa shape index (κ3) is 1.45. The minimum Gasteiger partial charge on any atom is -0.443 e. The maximum absolute atomic E-state index is 12.8. The summed E-state index contributed by atoms with van der Waals surface area (Å²) in [6, 6.07) is 6.26. The average molecular weight is 177 g/mol. The highest BCUT2D eigenvalue weighted by Crippen LogP contribution is 2.22. The molecule has 0 amide bonds. The number of halogens is 1. The molecule has 66 valence electrons. The van der Waals surface area contributed by atoms with E-state index >= 15 is 0 Å². The van der Waals surface area contributed by atoms with Crippen LogP contribution in [0.5, 0.6) is 0 Å². The summed E-state index contributed by atoms with van der Waals surface area (Å²) in [6.45, 7) is 1.82. The van der Waals surface area contributed by atoms with Gasteiger partial charge in [0, 0.05) is 5.56 Å². The molecular weight excluding hydrogens is 169 g/mol. The molecule has 13 heavy (non-hydrogen) atoms. The van der Waals surface area contributed by atoms with Crippen molar-refractivity contribution < 1.29 is 8.81 Å². The quantitative estimate of drug-likeness (QED) is 0.669. The molecule has 1 heterocycles. The summed E-state index contributed by atoms with van der Waals surface area (Å²) in [7, 11) is 0. The highest BCUT2D eigenvalue weighted by Gasteiger charge is 2.06. The molecule has 2 rings (SSSR count). The Morgan fingerprint density at radius 1 is 1.38 bits per heavy atom. The van der Waals surface area contributed by atoms with E-state index < -0.39 is 0 Å². The highest BCUT2D eigenvalue weighted by molar-refractivity contribution is 5.59. The lowest BCUT2D eigenvalue weighted by atomic mass is 10.1. The van der Waals surface area contributed by atoms with Crippen molar-refractivity contribution in [3.63, 3.8) is 0 Å². The Hall–Kier alpha value is -1.64. The van der Waals surface area contributed by atoms with Gasteiger partial charge in [-0.1, -0.05) is 12.1 Å². The SMILES string of the molecule is Cc1ncoc1-c1cccc(F)c1. The Kier molecular flexibility index (Phi) is 1.85. The fraction of sp³-hybridized carbons (Fsp3) is 0.100. The van der Waals surface area contributed by atoms with E-state index in [2.05, 4.69) is 4.98 Å². The van der Waals surface area contributed by atoms with Gasteiger partial charge in [-0.2, -0.15) is 0 Å². The molecule has 1 aromatic carbocycles. The van der Waals surface area contributed by atoms with Gasteiger partial charge in [0.15, 0.2) is 12.2 Å². The van der Waals surface area contributed by atoms with Crippen LogP contribution < -0.4 is 0 Å². The van der Waals surface area contributed by atoms with E-state index in [4.69, 9.17) is 4.42 Å². The minimum atomic E-state index is -0.270. The summed E-state index contributed by atoms with van der Waals surface area (Å²) in [5, 5.41) is 0. The summed E-state index contributed by atoms with van der Waals surface area (Å²) in [5.41, 5.74) is 1.49. The molecule has 0 aliphatic rings. The summed E-state index contributed by atoms with van der Waals surface area (Å²) in [5.74, 6) is 0.354. The van der Waals surface area contributed by atoms with Crippen molar-refractivity contribution in [1.29, 1.82) is 0 Å². The van der Waals surface area contributed by atoms with Gasteiger partial charge in [-0.25, -0.2) is 9.37 Å². The second-order valence-corrected chi connectivity index (χ2v) is 2.78. The zero-order valence-electron chi connectivity index (χ0n) is 7.12. The van der Waals surface area contributed by atoms with Crippen molar-refractivity contribution in [1.82, 2.24) is 4.98 Å². The summed E-state index contributed by atoms with van der Waals surface area (Å²) < 4.78 is 18.0. The first kappa shape index (κ1) is 7.98. The number of aromatic nitrogens is 1. The lowest BCUT2D eigenvalue weighted by molar-refractivity contribution is 0.569. The number of benzene rings is 1. The Morgan fingerprint density at radius 2 is 2.23 bits per heavy atom. The van der Waals surface area contributed by atoms with Crippen LogP contribution in [0.3, 0.4) is 0 Å². The number of aryl methyl sites for hydroxylation is 1. The van der Waals surface area contributed by atoms with Crippen LogP contribution in [0.4, 0.5) is 4.39 Å². The Labute approximate surface area is 75.0 Å². The van der Waals surface area contributed by atoms with E-state index in [0.717, 1.165) is 11.3 Å². The van der Waals surface area contributed by atoms with Gasteiger partial charge >= 0.3 is 0 Å².